The van der Waals surface area contributed by atoms with Gasteiger partial charge in [-0.2, -0.15) is 0 Å². The Labute approximate surface area is 109 Å². The molecule has 0 aliphatic carbocycles. The molecular weight excluding hydrogens is 232 g/mol. The monoisotopic (exact) mass is 256 g/mol. The Morgan fingerprint density at radius 3 is 1.67 bits per heavy atom. The molecule has 1 unspecified atom stereocenters. The van der Waals surface area contributed by atoms with E-state index in [4.69, 9.17) is 10.2 Å². The van der Waals surface area contributed by atoms with Gasteiger partial charge in [-0.3, -0.25) is 0 Å². The quantitative estimate of drug-likeness (QED) is 0.435. The molecule has 18 heavy (non-hydrogen) atoms. The van der Waals surface area contributed by atoms with Gasteiger partial charge in [0.05, 0.1) is 0 Å². The summed E-state index contributed by atoms with van der Waals surface area (Å²) in [4.78, 5) is 22.2. The largest absolute Gasteiger partial charge is 0.477 e. The van der Waals surface area contributed by atoms with Gasteiger partial charge >= 0.3 is 11.9 Å². The molecule has 4 heteroatoms. The molecule has 0 rings (SSSR count). The highest BCUT2D eigenvalue weighted by Crippen LogP contribution is 2.42. The highest BCUT2D eigenvalue weighted by molar-refractivity contribution is 6.13. The van der Waals surface area contributed by atoms with Crippen LogP contribution in [0.2, 0.25) is 0 Å². The molecule has 0 saturated heterocycles. The van der Waals surface area contributed by atoms with Crippen LogP contribution in [0.1, 0.15) is 48.0 Å². The molecule has 0 aromatic heterocycles. The third-order valence-corrected chi connectivity index (χ3v) is 3.77. The summed E-state index contributed by atoms with van der Waals surface area (Å²) >= 11 is 0. The Bertz CT molecular complexity index is 350. The van der Waals surface area contributed by atoms with Crippen molar-refractivity contribution < 1.29 is 19.8 Å². The molecule has 1 atom stereocenters. The second-order valence-corrected chi connectivity index (χ2v) is 5.78. The van der Waals surface area contributed by atoms with Crippen LogP contribution in [-0.2, 0) is 9.59 Å². The predicted molar refractivity (Wildman–Crippen MR) is 70.4 cm³/mol. The van der Waals surface area contributed by atoms with Gasteiger partial charge in [0.2, 0.25) is 0 Å². The van der Waals surface area contributed by atoms with Gasteiger partial charge in [-0.15, -0.1) is 0 Å². The summed E-state index contributed by atoms with van der Waals surface area (Å²) in [6.45, 7) is 11.7. The maximum absolute atomic E-state index is 11.1. The number of allylic oxidation sites excluding steroid dienone is 1. The Hall–Kier alpha value is -1.32. The molecule has 4 nitrogen and oxygen atoms in total. The Kier molecular flexibility index (Phi) is 5.58. The molecule has 0 radical (unpaired) electrons. The van der Waals surface area contributed by atoms with Crippen molar-refractivity contribution in [1.29, 1.82) is 0 Å². The maximum atomic E-state index is 11.1. The molecule has 0 aliphatic rings. The molecule has 0 saturated carbocycles. The van der Waals surface area contributed by atoms with Gasteiger partial charge in [-0.1, -0.05) is 34.6 Å². The van der Waals surface area contributed by atoms with E-state index in [1.807, 2.05) is 20.8 Å². The number of carbonyl (C=O) groups is 2. The Morgan fingerprint density at radius 2 is 1.44 bits per heavy atom. The number of aliphatic carboxylic acids is 2. The van der Waals surface area contributed by atoms with Gasteiger partial charge in [-0.05, 0) is 36.2 Å². The summed E-state index contributed by atoms with van der Waals surface area (Å²) < 4.78 is 0. The number of carboxylic acid groups (broad SMARTS) is 2. The summed E-state index contributed by atoms with van der Waals surface area (Å²) in [6, 6.07) is 0. The van der Waals surface area contributed by atoms with Crippen molar-refractivity contribution in [2.24, 2.45) is 17.3 Å². The van der Waals surface area contributed by atoms with Crippen LogP contribution in [0.3, 0.4) is 0 Å². The molecule has 0 bridgehead atoms. The van der Waals surface area contributed by atoms with E-state index in [1.54, 1.807) is 6.92 Å². The standard InChI is InChI=1S/C14H24O4/c1-8(2)7-14(6,9(3)4)10(5)11(12(15)16)13(17)18/h8-9H,7H2,1-6H3,(H,15,16)(H,17,18). The first-order chi connectivity index (χ1) is 8.04. The van der Waals surface area contributed by atoms with Crippen molar-refractivity contribution in [3.63, 3.8) is 0 Å². The first kappa shape index (κ1) is 16.7. The van der Waals surface area contributed by atoms with Crippen LogP contribution in [0.5, 0.6) is 0 Å². The van der Waals surface area contributed by atoms with E-state index >= 15 is 0 Å². The average molecular weight is 256 g/mol. The summed E-state index contributed by atoms with van der Waals surface area (Å²) in [5.41, 5.74) is -0.460. The van der Waals surface area contributed by atoms with Crippen molar-refractivity contribution in [2.45, 2.75) is 48.0 Å². The molecular formula is C14H24O4. The first-order valence-electron chi connectivity index (χ1n) is 6.22. The smallest absolute Gasteiger partial charge is 0.343 e. The van der Waals surface area contributed by atoms with E-state index < -0.39 is 22.9 Å². The van der Waals surface area contributed by atoms with E-state index in [1.165, 1.54) is 0 Å². The number of hydrogen-bond acceptors (Lipinski definition) is 2. The van der Waals surface area contributed by atoms with Crippen LogP contribution in [0, 0.1) is 17.3 Å². The van der Waals surface area contributed by atoms with Gasteiger partial charge in [0.1, 0.15) is 5.57 Å². The topological polar surface area (TPSA) is 74.6 Å². The third kappa shape index (κ3) is 3.59. The maximum Gasteiger partial charge on any atom is 0.343 e. The fourth-order valence-electron chi connectivity index (χ4n) is 2.37. The van der Waals surface area contributed by atoms with Crippen LogP contribution in [0.4, 0.5) is 0 Å². The van der Waals surface area contributed by atoms with Crippen molar-refractivity contribution in [3.8, 4) is 0 Å². The van der Waals surface area contributed by atoms with Crippen LogP contribution in [0.25, 0.3) is 0 Å². The second kappa shape index (κ2) is 6.03. The predicted octanol–water partition coefficient (Wildman–Crippen LogP) is 3.18. The van der Waals surface area contributed by atoms with Gasteiger partial charge in [0.15, 0.2) is 0 Å². The molecule has 104 valence electrons. The third-order valence-electron chi connectivity index (χ3n) is 3.77. The zero-order valence-electron chi connectivity index (χ0n) is 12.1. The van der Waals surface area contributed by atoms with Crippen molar-refractivity contribution in [2.75, 3.05) is 0 Å². The minimum atomic E-state index is -1.37. The second-order valence-electron chi connectivity index (χ2n) is 5.78. The number of carboxylic acids is 2. The highest BCUT2D eigenvalue weighted by Gasteiger charge is 2.36. The molecule has 0 aromatic rings. The normalized spacial score (nSPS) is 14.4. The molecule has 0 aliphatic heterocycles. The van der Waals surface area contributed by atoms with Crippen molar-refractivity contribution in [3.05, 3.63) is 11.1 Å². The SMILES string of the molecule is CC(=C(C(=O)O)C(=O)O)C(C)(CC(C)C)C(C)C. The lowest BCUT2D eigenvalue weighted by molar-refractivity contribution is -0.140. The van der Waals surface area contributed by atoms with Gasteiger partial charge < -0.3 is 10.2 Å². The van der Waals surface area contributed by atoms with E-state index in [2.05, 4.69) is 13.8 Å². The van der Waals surface area contributed by atoms with Crippen LogP contribution in [-0.4, -0.2) is 22.2 Å². The zero-order chi connectivity index (χ0) is 14.7. The van der Waals surface area contributed by atoms with Gasteiger partial charge in [-0.25, -0.2) is 9.59 Å². The molecule has 2 N–H and O–H groups in total. The fourth-order valence-corrected chi connectivity index (χ4v) is 2.37. The molecule has 0 heterocycles. The highest BCUT2D eigenvalue weighted by atomic mass is 16.4. The van der Waals surface area contributed by atoms with E-state index in [0.717, 1.165) is 6.42 Å². The lowest BCUT2D eigenvalue weighted by atomic mass is 9.67. The molecule has 0 spiro atoms. The van der Waals surface area contributed by atoms with Crippen molar-refractivity contribution >= 4 is 11.9 Å². The minimum absolute atomic E-state index is 0.175. The minimum Gasteiger partial charge on any atom is -0.477 e. The van der Waals surface area contributed by atoms with Crippen LogP contribution >= 0.6 is 0 Å². The summed E-state index contributed by atoms with van der Waals surface area (Å²) in [6.07, 6.45) is 0.764. The van der Waals surface area contributed by atoms with E-state index in [-0.39, 0.29) is 5.92 Å². The number of hydrogen-bond donors (Lipinski definition) is 2. The van der Waals surface area contributed by atoms with Crippen LogP contribution in [0.15, 0.2) is 11.1 Å². The van der Waals surface area contributed by atoms with Crippen LogP contribution < -0.4 is 0 Å². The lowest BCUT2D eigenvalue weighted by Gasteiger charge is -2.37. The van der Waals surface area contributed by atoms with Gasteiger partial charge in [0, 0.05) is 0 Å². The summed E-state index contributed by atoms with van der Waals surface area (Å²) in [7, 11) is 0. The number of rotatable bonds is 6. The molecule has 0 amide bonds. The zero-order valence-corrected chi connectivity index (χ0v) is 12.1. The average Bonchev–Trinajstić information content (AvgIpc) is 2.14. The summed E-state index contributed by atoms with van der Waals surface area (Å²) in [5.74, 6) is -2.18. The first-order valence-corrected chi connectivity index (χ1v) is 6.22. The molecule has 0 aromatic carbocycles. The summed E-state index contributed by atoms with van der Waals surface area (Å²) in [5, 5.41) is 18.1. The van der Waals surface area contributed by atoms with E-state index in [9.17, 15) is 9.59 Å². The fraction of sp³-hybridized carbons (Fsp3) is 0.714. The Morgan fingerprint density at radius 1 is 1.06 bits per heavy atom. The van der Waals surface area contributed by atoms with Crippen molar-refractivity contribution in [1.82, 2.24) is 0 Å². The lowest BCUT2D eigenvalue weighted by Crippen LogP contribution is -2.30. The molecule has 0 fully saturated rings. The Balaban J connectivity index is 5.82. The van der Waals surface area contributed by atoms with Gasteiger partial charge in [0.25, 0.3) is 0 Å². The van der Waals surface area contributed by atoms with E-state index in [0.29, 0.717) is 11.5 Å².